The molecule has 0 aliphatic rings. The average Bonchev–Trinajstić information content (AvgIpc) is 2.84. The zero-order valence-electron chi connectivity index (χ0n) is 10.5. The molecule has 2 aromatic rings. The Morgan fingerprint density at radius 3 is 2.53 bits per heavy atom. The topological polar surface area (TPSA) is 98.2 Å². The number of anilines is 1. The summed E-state index contributed by atoms with van der Waals surface area (Å²) in [6.45, 7) is 2.43. The van der Waals surface area contributed by atoms with Crippen LogP contribution in [0.5, 0.6) is 0 Å². The van der Waals surface area contributed by atoms with Crippen LogP contribution in [-0.2, 0) is 23.0 Å². The van der Waals surface area contributed by atoms with Gasteiger partial charge in [-0.2, -0.15) is 0 Å². The van der Waals surface area contributed by atoms with Crippen molar-refractivity contribution in [1.82, 2.24) is 4.98 Å². The van der Waals surface area contributed by atoms with Crippen LogP contribution in [0.2, 0.25) is 0 Å². The van der Waals surface area contributed by atoms with Gasteiger partial charge in [0.2, 0.25) is 15.9 Å². The number of oxazole rings is 1. The molecule has 1 heterocycles. The number of nitrogens with zero attached hydrogens (tertiary/aromatic N) is 1. The normalized spacial score (nSPS) is 11.5. The summed E-state index contributed by atoms with van der Waals surface area (Å²) < 4.78 is 27.6. The molecule has 0 unspecified atom stereocenters. The van der Waals surface area contributed by atoms with Gasteiger partial charge in [0, 0.05) is 12.1 Å². The first-order chi connectivity index (χ1) is 8.99. The van der Waals surface area contributed by atoms with Gasteiger partial charge in [-0.3, -0.25) is 0 Å². The zero-order valence-corrected chi connectivity index (χ0v) is 11.3. The Balaban J connectivity index is 2.00. The molecule has 0 atom stereocenters. The molecule has 0 fully saturated rings. The highest BCUT2D eigenvalue weighted by molar-refractivity contribution is 7.89. The molecule has 19 heavy (non-hydrogen) atoms. The van der Waals surface area contributed by atoms with Gasteiger partial charge in [-0.15, -0.1) is 0 Å². The second kappa shape index (κ2) is 5.41. The molecule has 0 radical (unpaired) electrons. The maximum Gasteiger partial charge on any atom is 0.238 e. The molecule has 0 aliphatic heterocycles. The smallest absolute Gasteiger partial charge is 0.238 e. The van der Waals surface area contributed by atoms with Gasteiger partial charge in [0.05, 0.1) is 17.6 Å². The van der Waals surface area contributed by atoms with Crippen LogP contribution in [0.3, 0.4) is 0 Å². The highest BCUT2D eigenvalue weighted by Crippen LogP contribution is 2.14. The van der Waals surface area contributed by atoms with Gasteiger partial charge in [0.25, 0.3) is 0 Å². The minimum atomic E-state index is -3.65. The highest BCUT2D eigenvalue weighted by atomic mass is 32.2. The minimum absolute atomic E-state index is 0.0856. The van der Waals surface area contributed by atoms with E-state index in [1.807, 2.05) is 6.92 Å². The molecule has 0 amide bonds. The van der Waals surface area contributed by atoms with Crippen molar-refractivity contribution in [3.63, 3.8) is 0 Å². The van der Waals surface area contributed by atoms with Crippen molar-refractivity contribution in [3.8, 4) is 0 Å². The van der Waals surface area contributed by atoms with Crippen LogP contribution in [0, 0.1) is 0 Å². The molecule has 102 valence electrons. The summed E-state index contributed by atoms with van der Waals surface area (Å²) in [6, 6.07) is 6.18. The lowest BCUT2D eigenvalue weighted by atomic mass is 10.3. The van der Waals surface area contributed by atoms with E-state index >= 15 is 0 Å². The number of benzene rings is 1. The Bertz CT molecular complexity index is 647. The standard InChI is InChI=1S/C12H15N3O3S/c1-2-10-7-15-12(18-10)8-14-9-3-5-11(6-4-9)19(13,16)17/h3-7,14H,2,8H2,1H3,(H2,13,16,17). The number of hydrogen-bond acceptors (Lipinski definition) is 5. The van der Waals surface area contributed by atoms with E-state index in [0.717, 1.165) is 17.9 Å². The van der Waals surface area contributed by atoms with Crippen LogP contribution in [-0.4, -0.2) is 13.4 Å². The van der Waals surface area contributed by atoms with E-state index in [1.165, 1.54) is 12.1 Å². The van der Waals surface area contributed by atoms with Gasteiger partial charge < -0.3 is 9.73 Å². The summed E-state index contributed by atoms with van der Waals surface area (Å²) in [6.07, 6.45) is 2.50. The van der Waals surface area contributed by atoms with Crippen LogP contribution in [0.1, 0.15) is 18.6 Å². The molecule has 7 heteroatoms. The Hall–Kier alpha value is -1.86. The summed E-state index contributed by atoms with van der Waals surface area (Å²) in [5.41, 5.74) is 0.767. The quantitative estimate of drug-likeness (QED) is 0.865. The van der Waals surface area contributed by atoms with Crippen molar-refractivity contribution in [3.05, 3.63) is 42.1 Å². The van der Waals surface area contributed by atoms with Gasteiger partial charge in [0.1, 0.15) is 5.76 Å². The number of nitrogens with one attached hydrogen (secondary N) is 1. The fourth-order valence-corrected chi connectivity index (χ4v) is 2.05. The fourth-order valence-electron chi connectivity index (χ4n) is 1.53. The molecule has 0 bridgehead atoms. The van der Waals surface area contributed by atoms with E-state index < -0.39 is 10.0 Å². The molecule has 0 spiro atoms. The highest BCUT2D eigenvalue weighted by Gasteiger charge is 2.07. The first-order valence-electron chi connectivity index (χ1n) is 5.79. The predicted molar refractivity (Wildman–Crippen MR) is 71.0 cm³/mol. The van der Waals surface area contributed by atoms with Crippen molar-refractivity contribution in [2.75, 3.05) is 5.32 Å². The van der Waals surface area contributed by atoms with Crippen LogP contribution in [0.25, 0.3) is 0 Å². The third-order valence-electron chi connectivity index (χ3n) is 2.58. The number of sulfonamides is 1. The third-order valence-corrected chi connectivity index (χ3v) is 3.51. The van der Waals surface area contributed by atoms with E-state index in [1.54, 1.807) is 18.3 Å². The van der Waals surface area contributed by atoms with Crippen LogP contribution in [0.15, 0.2) is 39.8 Å². The van der Waals surface area contributed by atoms with Gasteiger partial charge in [-0.05, 0) is 24.3 Å². The number of aromatic nitrogens is 1. The lowest BCUT2D eigenvalue weighted by molar-refractivity contribution is 0.466. The molecule has 1 aromatic carbocycles. The Morgan fingerprint density at radius 1 is 1.32 bits per heavy atom. The molecule has 3 N–H and O–H groups in total. The summed E-state index contributed by atoms with van der Waals surface area (Å²) >= 11 is 0. The monoisotopic (exact) mass is 281 g/mol. The van der Waals surface area contributed by atoms with E-state index in [0.29, 0.717) is 12.4 Å². The number of rotatable bonds is 5. The van der Waals surface area contributed by atoms with Crippen LogP contribution < -0.4 is 10.5 Å². The van der Waals surface area contributed by atoms with E-state index in [-0.39, 0.29) is 4.90 Å². The Labute approximate surface area is 111 Å². The lowest BCUT2D eigenvalue weighted by Gasteiger charge is -2.04. The molecule has 0 saturated carbocycles. The zero-order chi connectivity index (χ0) is 13.9. The molecular weight excluding hydrogens is 266 g/mol. The molecule has 1 aromatic heterocycles. The maximum absolute atomic E-state index is 11.1. The molecule has 2 rings (SSSR count). The predicted octanol–water partition coefficient (Wildman–Crippen LogP) is 1.50. The number of primary sulfonamides is 1. The van der Waals surface area contributed by atoms with Crippen molar-refractivity contribution < 1.29 is 12.8 Å². The first-order valence-corrected chi connectivity index (χ1v) is 7.34. The van der Waals surface area contributed by atoms with Crippen molar-refractivity contribution >= 4 is 15.7 Å². The number of hydrogen-bond donors (Lipinski definition) is 2. The maximum atomic E-state index is 11.1. The first kappa shape index (κ1) is 13.6. The minimum Gasteiger partial charge on any atom is -0.444 e. The second-order valence-corrected chi connectivity index (χ2v) is 5.56. The number of nitrogens with two attached hydrogens (primary N) is 1. The van der Waals surface area contributed by atoms with Gasteiger partial charge in [-0.1, -0.05) is 6.92 Å². The van der Waals surface area contributed by atoms with Crippen LogP contribution in [0.4, 0.5) is 5.69 Å². The molecule has 6 nitrogen and oxygen atoms in total. The van der Waals surface area contributed by atoms with Gasteiger partial charge in [-0.25, -0.2) is 18.5 Å². The van der Waals surface area contributed by atoms with E-state index in [9.17, 15) is 8.42 Å². The summed E-state index contributed by atoms with van der Waals surface area (Å²) in [4.78, 5) is 4.20. The largest absolute Gasteiger partial charge is 0.444 e. The molecule has 0 aliphatic carbocycles. The fraction of sp³-hybridized carbons (Fsp3) is 0.250. The van der Waals surface area contributed by atoms with Gasteiger partial charge in [0.15, 0.2) is 0 Å². The summed E-state index contributed by atoms with van der Waals surface area (Å²) in [5, 5.41) is 8.10. The SMILES string of the molecule is CCc1cnc(CNc2ccc(S(N)(=O)=O)cc2)o1. The lowest BCUT2D eigenvalue weighted by Crippen LogP contribution is -2.12. The average molecular weight is 281 g/mol. The Morgan fingerprint density at radius 2 is 2.00 bits per heavy atom. The van der Waals surface area contributed by atoms with E-state index in [4.69, 9.17) is 9.56 Å². The number of aryl methyl sites for hydroxylation is 1. The van der Waals surface area contributed by atoms with Crippen molar-refractivity contribution in [1.29, 1.82) is 0 Å². The van der Waals surface area contributed by atoms with Crippen molar-refractivity contribution in [2.45, 2.75) is 24.8 Å². The molecular formula is C12H15N3O3S. The summed E-state index contributed by atoms with van der Waals surface area (Å²) in [5.74, 6) is 1.42. The van der Waals surface area contributed by atoms with Crippen molar-refractivity contribution in [2.24, 2.45) is 5.14 Å². The van der Waals surface area contributed by atoms with Gasteiger partial charge >= 0.3 is 0 Å². The van der Waals surface area contributed by atoms with Crippen LogP contribution >= 0.6 is 0 Å². The Kier molecular flexibility index (Phi) is 3.87. The summed E-state index contributed by atoms with van der Waals surface area (Å²) in [7, 11) is -3.65. The molecule has 0 saturated heterocycles. The second-order valence-electron chi connectivity index (χ2n) is 4.00. The third kappa shape index (κ3) is 3.55. The van der Waals surface area contributed by atoms with E-state index in [2.05, 4.69) is 10.3 Å².